The number of nitrogens with one attached hydrogen (secondary N) is 2. The Kier molecular flexibility index (Phi) is 5.87. The highest BCUT2D eigenvalue weighted by atomic mass is 32.2. The van der Waals surface area contributed by atoms with Gasteiger partial charge in [0.25, 0.3) is 5.91 Å². The van der Waals surface area contributed by atoms with Crippen molar-refractivity contribution in [2.45, 2.75) is 31.4 Å². The summed E-state index contributed by atoms with van der Waals surface area (Å²) in [5.41, 5.74) is 3.67. The van der Waals surface area contributed by atoms with Crippen LogP contribution >= 0.6 is 11.8 Å². The van der Waals surface area contributed by atoms with Crippen molar-refractivity contribution in [2.24, 2.45) is 9.98 Å². The lowest BCUT2D eigenvalue weighted by Crippen LogP contribution is -2.42. The Morgan fingerprint density at radius 3 is 2.94 bits per heavy atom. The largest absolute Gasteiger partial charge is 0.376 e. The summed E-state index contributed by atoms with van der Waals surface area (Å²) in [5, 5.41) is 4.51. The molecule has 2 atom stereocenters. The van der Waals surface area contributed by atoms with Crippen molar-refractivity contribution in [1.29, 1.82) is 0 Å². The second-order valence-corrected chi connectivity index (χ2v) is 9.79. The molecule has 3 aliphatic heterocycles. The molecule has 9 heteroatoms. The Morgan fingerprint density at radius 1 is 1.20 bits per heavy atom. The number of carbonyl (C=O) groups excluding carboxylic acids is 2. The first kappa shape index (κ1) is 22.1. The summed E-state index contributed by atoms with van der Waals surface area (Å²) in [4.78, 5) is 40.5. The SMILES string of the molecule is O=C(CSC1=Nc2ccccc2C2=N[C@H](Cc3c[nH]c4ccccc34)C(=O)N12)NC[C@H]1CCCO1. The highest BCUT2D eigenvalue weighted by molar-refractivity contribution is 8.14. The van der Waals surface area contributed by atoms with Gasteiger partial charge in [0.1, 0.15) is 11.9 Å². The van der Waals surface area contributed by atoms with Gasteiger partial charge in [-0.15, -0.1) is 0 Å². The van der Waals surface area contributed by atoms with Gasteiger partial charge < -0.3 is 15.0 Å². The Morgan fingerprint density at radius 2 is 2.06 bits per heavy atom. The fourth-order valence-corrected chi connectivity index (χ4v) is 5.59. The monoisotopic (exact) mass is 487 g/mol. The van der Waals surface area contributed by atoms with Crippen LogP contribution < -0.4 is 5.32 Å². The summed E-state index contributed by atoms with van der Waals surface area (Å²) in [5.74, 6) is 0.545. The summed E-state index contributed by atoms with van der Waals surface area (Å²) in [6.07, 6.45) is 4.53. The Labute approximate surface area is 206 Å². The second-order valence-electron chi connectivity index (χ2n) is 8.85. The zero-order chi connectivity index (χ0) is 23.8. The lowest BCUT2D eigenvalue weighted by atomic mass is 10.1. The van der Waals surface area contributed by atoms with Gasteiger partial charge in [0, 0.05) is 42.2 Å². The van der Waals surface area contributed by atoms with Crippen LogP contribution in [0.25, 0.3) is 10.9 Å². The number of amidine groups is 2. The molecule has 0 spiro atoms. The van der Waals surface area contributed by atoms with Crippen LogP contribution in [0.5, 0.6) is 0 Å². The quantitative estimate of drug-likeness (QED) is 0.557. The molecule has 1 fully saturated rings. The molecular formula is C26H25N5O3S. The molecule has 3 aromatic rings. The van der Waals surface area contributed by atoms with Crippen molar-refractivity contribution in [1.82, 2.24) is 15.2 Å². The number of aromatic amines is 1. The molecule has 35 heavy (non-hydrogen) atoms. The van der Waals surface area contributed by atoms with Gasteiger partial charge >= 0.3 is 0 Å². The third-order valence-corrected chi connectivity index (χ3v) is 7.46. The molecule has 1 aromatic heterocycles. The van der Waals surface area contributed by atoms with Crippen molar-refractivity contribution < 1.29 is 14.3 Å². The normalized spacial score (nSPS) is 21.0. The van der Waals surface area contributed by atoms with E-state index in [0.29, 0.717) is 24.0 Å². The Balaban J connectivity index is 1.21. The van der Waals surface area contributed by atoms with E-state index in [-0.39, 0.29) is 23.7 Å². The van der Waals surface area contributed by atoms with Gasteiger partial charge in [-0.25, -0.2) is 9.89 Å². The first-order valence-corrected chi connectivity index (χ1v) is 12.8. The van der Waals surface area contributed by atoms with Crippen molar-refractivity contribution in [3.63, 3.8) is 0 Å². The van der Waals surface area contributed by atoms with Crippen molar-refractivity contribution in [2.75, 3.05) is 18.9 Å². The number of ether oxygens (including phenoxy) is 1. The maximum absolute atomic E-state index is 13.6. The predicted octanol–water partition coefficient (Wildman–Crippen LogP) is 3.40. The number of aromatic nitrogens is 1. The number of thioether (sulfide) groups is 1. The Bertz CT molecular complexity index is 1360. The van der Waals surface area contributed by atoms with Gasteiger partial charge in [-0.1, -0.05) is 42.1 Å². The van der Waals surface area contributed by atoms with Crippen LogP contribution in [-0.2, 0) is 20.7 Å². The molecule has 4 heterocycles. The van der Waals surface area contributed by atoms with E-state index in [1.54, 1.807) is 4.90 Å². The topological polar surface area (TPSA) is 99.2 Å². The molecular weight excluding hydrogens is 462 g/mol. The van der Waals surface area contributed by atoms with Gasteiger partial charge in [0.05, 0.1) is 17.5 Å². The molecule has 0 unspecified atom stereocenters. The summed E-state index contributed by atoms with van der Waals surface area (Å²) in [7, 11) is 0. The number of amides is 2. The number of fused-ring (bicyclic) bond motifs is 4. The number of H-pyrrole nitrogens is 1. The van der Waals surface area contributed by atoms with E-state index in [0.717, 1.165) is 47.2 Å². The summed E-state index contributed by atoms with van der Waals surface area (Å²) >= 11 is 1.26. The number of nitrogens with zero attached hydrogens (tertiary/aromatic N) is 3. The second kappa shape index (κ2) is 9.31. The fourth-order valence-electron chi connectivity index (χ4n) is 4.75. The van der Waals surface area contributed by atoms with Crippen LogP contribution in [-0.4, -0.2) is 63.8 Å². The third kappa shape index (κ3) is 4.26. The number of para-hydroxylation sites is 2. The first-order chi connectivity index (χ1) is 17.2. The maximum Gasteiger partial charge on any atom is 0.259 e. The van der Waals surface area contributed by atoms with E-state index < -0.39 is 6.04 Å². The van der Waals surface area contributed by atoms with Crippen LogP contribution in [0, 0.1) is 0 Å². The van der Waals surface area contributed by atoms with E-state index in [1.807, 2.05) is 54.7 Å². The maximum atomic E-state index is 13.6. The molecule has 1 saturated heterocycles. The third-order valence-electron chi connectivity index (χ3n) is 6.52. The van der Waals surface area contributed by atoms with E-state index in [4.69, 9.17) is 14.7 Å². The minimum atomic E-state index is -0.547. The van der Waals surface area contributed by atoms with Crippen molar-refractivity contribution in [3.05, 3.63) is 65.9 Å². The molecule has 0 saturated carbocycles. The minimum absolute atomic E-state index is 0.0898. The van der Waals surface area contributed by atoms with Crippen LogP contribution in [0.4, 0.5) is 5.69 Å². The van der Waals surface area contributed by atoms with Gasteiger partial charge in [-0.3, -0.25) is 14.6 Å². The number of aliphatic imine (C=N–C) groups is 2. The molecule has 0 aliphatic carbocycles. The summed E-state index contributed by atoms with van der Waals surface area (Å²) in [6.45, 7) is 1.27. The first-order valence-electron chi connectivity index (χ1n) is 11.8. The average Bonchev–Trinajstić information content (AvgIpc) is 3.62. The van der Waals surface area contributed by atoms with Crippen LogP contribution in [0.2, 0.25) is 0 Å². The number of hydrogen-bond acceptors (Lipinski definition) is 6. The molecule has 0 bridgehead atoms. The summed E-state index contributed by atoms with van der Waals surface area (Å²) < 4.78 is 5.57. The summed E-state index contributed by atoms with van der Waals surface area (Å²) in [6, 6.07) is 15.2. The molecule has 2 aromatic carbocycles. The van der Waals surface area contributed by atoms with E-state index in [1.165, 1.54) is 11.8 Å². The smallest absolute Gasteiger partial charge is 0.259 e. The number of benzene rings is 2. The van der Waals surface area contributed by atoms with E-state index in [9.17, 15) is 9.59 Å². The predicted molar refractivity (Wildman–Crippen MR) is 137 cm³/mol. The zero-order valence-electron chi connectivity index (χ0n) is 19.1. The van der Waals surface area contributed by atoms with Gasteiger partial charge in [-0.05, 0) is 36.6 Å². The van der Waals surface area contributed by atoms with Gasteiger partial charge in [0.15, 0.2) is 5.17 Å². The average molecular weight is 488 g/mol. The van der Waals surface area contributed by atoms with Gasteiger partial charge in [-0.2, -0.15) is 0 Å². The lowest BCUT2D eigenvalue weighted by Gasteiger charge is -2.25. The standard InChI is InChI=1S/C26H25N5O3S/c32-23(28-14-17-6-5-11-34-17)15-35-26-30-21-10-4-2-8-19(21)24-29-22(25(33)31(24)26)12-16-13-27-20-9-3-1-7-18(16)20/h1-4,7-10,13,17,22,27H,5-6,11-12,14-15H2,(H,28,32)/t17-,22-/m1/s1. The van der Waals surface area contributed by atoms with Crippen molar-refractivity contribution in [3.8, 4) is 0 Å². The molecule has 2 N–H and O–H groups in total. The molecule has 0 radical (unpaired) electrons. The molecule has 3 aliphatic rings. The number of carbonyl (C=O) groups is 2. The van der Waals surface area contributed by atoms with Crippen LogP contribution in [0.15, 0.2) is 64.7 Å². The van der Waals surface area contributed by atoms with Crippen LogP contribution in [0.3, 0.4) is 0 Å². The van der Waals surface area contributed by atoms with Crippen molar-refractivity contribution >= 4 is 51.2 Å². The fraction of sp³-hybridized carbons (Fsp3) is 0.308. The molecule has 2 amide bonds. The highest BCUT2D eigenvalue weighted by Crippen LogP contribution is 2.34. The highest BCUT2D eigenvalue weighted by Gasteiger charge is 2.41. The number of hydrogen-bond donors (Lipinski definition) is 2. The van der Waals surface area contributed by atoms with Gasteiger partial charge in [0.2, 0.25) is 5.91 Å². The molecule has 8 nitrogen and oxygen atoms in total. The minimum Gasteiger partial charge on any atom is -0.376 e. The molecule has 6 rings (SSSR count). The molecule has 178 valence electrons. The van der Waals surface area contributed by atoms with E-state index in [2.05, 4.69) is 10.3 Å². The lowest BCUT2D eigenvalue weighted by molar-refractivity contribution is -0.124. The van der Waals surface area contributed by atoms with Crippen LogP contribution in [0.1, 0.15) is 24.0 Å². The van der Waals surface area contributed by atoms with E-state index >= 15 is 0 Å². The number of rotatable bonds is 6. The Hall–Kier alpha value is -3.43. The zero-order valence-corrected chi connectivity index (χ0v) is 19.9.